The number of rotatable bonds is 5. The lowest BCUT2D eigenvalue weighted by Gasteiger charge is -2.04. The fourth-order valence-electron chi connectivity index (χ4n) is 2.48. The average Bonchev–Trinajstić information content (AvgIpc) is 3.31. The molecule has 0 atom stereocenters. The van der Waals surface area contributed by atoms with Gasteiger partial charge in [-0.3, -0.25) is 4.79 Å². The van der Waals surface area contributed by atoms with Crippen molar-refractivity contribution in [3.05, 3.63) is 60.0 Å². The van der Waals surface area contributed by atoms with Crippen molar-refractivity contribution >= 4 is 5.91 Å². The summed E-state index contributed by atoms with van der Waals surface area (Å²) in [6.45, 7) is 0.574. The van der Waals surface area contributed by atoms with Gasteiger partial charge in [0, 0.05) is 24.1 Å². The highest BCUT2D eigenvalue weighted by Crippen LogP contribution is 2.32. The normalized spacial score (nSPS) is 12.2. The number of nitrogens with one attached hydrogen (secondary N) is 1. The highest BCUT2D eigenvalue weighted by atomic mass is 16.7. The first kappa shape index (κ1) is 15.2. The van der Waals surface area contributed by atoms with Gasteiger partial charge in [0.2, 0.25) is 18.5 Å². The van der Waals surface area contributed by atoms with Gasteiger partial charge >= 0.3 is 0 Å². The maximum atomic E-state index is 12.2. The predicted octanol–water partition coefficient (Wildman–Crippen LogP) is 2.44. The molecule has 1 aliphatic heterocycles. The molecule has 1 aliphatic rings. The van der Waals surface area contributed by atoms with E-state index in [1.54, 1.807) is 18.2 Å². The summed E-state index contributed by atoms with van der Waals surface area (Å²) in [6.07, 6.45) is 0.454. The minimum atomic E-state index is -0.193. The zero-order valence-electron chi connectivity index (χ0n) is 13.3. The van der Waals surface area contributed by atoms with E-state index in [4.69, 9.17) is 14.0 Å². The number of ether oxygens (including phenoxy) is 2. The lowest BCUT2D eigenvalue weighted by Crippen LogP contribution is -2.25. The summed E-state index contributed by atoms with van der Waals surface area (Å²) in [5, 5.41) is 6.78. The van der Waals surface area contributed by atoms with Crippen molar-refractivity contribution < 1.29 is 18.8 Å². The Labute approximate surface area is 143 Å². The minimum absolute atomic E-state index is 0.182. The summed E-state index contributed by atoms with van der Waals surface area (Å²) in [5.41, 5.74) is 1.40. The lowest BCUT2D eigenvalue weighted by molar-refractivity contribution is 0.0953. The van der Waals surface area contributed by atoms with Crippen molar-refractivity contribution in [2.75, 3.05) is 13.3 Å². The fourth-order valence-corrected chi connectivity index (χ4v) is 2.48. The second-order valence-corrected chi connectivity index (χ2v) is 5.45. The van der Waals surface area contributed by atoms with Gasteiger partial charge in [-0.05, 0) is 18.2 Å². The molecule has 1 aromatic heterocycles. The van der Waals surface area contributed by atoms with Crippen LogP contribution < -0.4 is 14.8 Å². The molecule has 3 aromatic rings. The van der Waals surface area contributed by atoms with Gasteiger partial charge in [0.25, 0.3) is 5.91 Å². The summed E-state index contributed by atoms with van der Waals surface area (Å²) in [5.74, 6) is 2.05. The average molecular weight is 337 g/mol. The predicted molar refractivity (Wildman–Crippen MR) is 88.3 cm³/mol. The largest absolute Gasteiger partial charge is 0.454 e. The molecule has 2 heterocycles. The molecule has 0 saturated carbocycles. The molecule has 0 aliphatic carbocycles. The van der Waals surface area contributed by atoms with Crippen LogP contribution in [-0.4, -0.2) is 29.4 Å². The number of fused-ring (bicyclic) bond motifs is 1. The number of amides is 1. The molecule has 4 rings (SSSR count). The Kier molecular flexibility index (Phi) is 4.04. The van der Waals surface area contributed by atoms with Gasteiger partial charge in [-0.25, -0.2) is 0 Å². The molecule has 126 valence electrons. The van der Waals surface area contributed by atoms with E-state index in [-0.39, 0.29) is 12.7 Å². The van der Waals surface area contributed by atoms with E-state index in [9.17, 15) is 4.79 Å². The minimum Gasteiger partial charge on any atom is -0.454 e. The first-order valence-electron chi connectivity index (χ1n) is 7.85. The van der Waals surface area contributed by atoms with E-state index in [1.165, 1.54) is 0 Å². The number of hydrogen-bond donors (Lipinski definition) is 1. The number of nitrogens with zero attached hydrogens (tertiary/aromatic N) is 2. The van der Waals surface area contributed by atoms with Gasteiger partial charge in [0.05, 0.1) is 0 Å². The van der Waals surface area contributed by atoms with Crippen molar-refractivity contribution in [1.82, 2.24) is 15.5 Å². The van der Waals surface area contributed by atoms with Crippen LogP contribution in [0.25, 0.3) is 11.4 Å². The standard InChI is InChI=1S/C18H15N3O4/c22-18(13-6-7-14-15(10-13)24-11-23-14)19-9-8-16-20-17(21-25-16)12-4-2-1-3-5-12/h1-7,10H,8-9,11H2,(H,19,22). The van der Waals surface area contributed by atoms with Crippen molar-refractivity contribution in [3.63, 3.8) is 0 Å². The SMILES string of the molecule is O=C(NCCc1nc(-c2ccccc2)no1)c1ccc2c(c1)OCO2. The molecular weight excluding hydrogens is 322 g/mol. The zero-order valence-corrected chi connectivity index (χ0v) is 13.3. The first-order valence-corrected chi connectivity index (χ1v) is 7.85. The second kappa shape index (κ2) is 6.64. The van der Waals surface area contributed by atoms with E-state index in [0.29, 0.717) is 41.7 Å². The number of hydrogen-bond acceptors (Lipinski definition) is 6. The number of carbonyl (C=O) groups is 1. The molecule has 1 N–H and O–H groups in total. The van der Waals surface area contributed by atoms with Gasteiger partial charge < -0.3 is 19.3 Å². The number of benzene rings is 2. The van der Waals surface area contributed by atoms with Gasteiger partial charge in [-0.1, -0.05) is 35.5 Å². The molecule has 0 saturated heterocycles. The second-order valence-electron chi connectivity index (χ2n) is 5.45. The molecule has 0 bridgehead atoms. The quantitative estimate of drug-likeness (QED) is 0.769. The molecule has 0 radical (unpaired) electrons. The van der Waals surface area contributed by atoms with Crippen LogP contribution in [0.3, 0.4) is 0 Å². The molecule has 7 heteroatoms. The molecule has 0 unspecified atom stereocenters. The van der Waals surface area contributed by atoms with Crippen LogP contribution in [0.4, 0.5) is 0 Å². The van der Waals surface area contributed by atoms with Crippen molar-refractivity contribution in [2.24, 2.45) is 0 Å². The summed E-state index contributed by atoms with van der Waals surface area (Å²) in [6, 6.07) is 14.7. The van der Waals surface area contributed by atoms with Crippen LogP contribution in [0, 0.1) is 0 Å². The smallest absolute Gasteiger partial charge is 0.251 e. The van der Waals surface area contributed by atoms with Crippen LogP contribution in [0.1, 0.15) is 16.2 Å². The van der Waals surface area contributed by atoms with E-state index in [2.05, 4.69) is 15.5 Å². The summed E-state index contributed by atoms with van der Waals surface area (Å²) in [4.78, 5) is 16.5. The Balaban J connectivity index is 1.33. The summed E-state index contributed by atoms with van der Waals surface area (Å²) < 4.78 is 15.7. The molecule has 25 heavy (non-hydrogen) atoms. The van der Waals surface area contributed by atoms with Crippen LogP contribution >= 0.6 is 0 Å². The van der Waals surface area contributed by atoms with Crippen LogP contribution in [0.2, 0.25) is 0 Å². The van der Waals surface area contributed by atoms with E-state index in [1.807, 2.05) is 30.3 Å². The Morgan fingerprint density at radius 1 is 1.08 bits per heavy atom. The van der Waals surface area contributed by atoms with Crippen molar-refractivity contribution in [2.45, 2.75) is 6.42 Å². The maximum absolute atomic E-state index is 12.2. The Morgan fingerprint density at radius 3 is 2.80 bits per heavy atom. The van der Waals surface area contributed by atoms with Gasteiger partial charge in [-0.15, -0.1) is 0 Å². The van der Waals surface area contributed by atoms with Crippen LogP contribution in [-0.2, 0) is 6.42 Å². The van der Waals surface area contributed by atoms with Crippen LogP contribution in [0.15, 0.2) is 53.1 Å². The molecule has 0 fully saturated rings. The molecule has 0 spiro atoms. The number of carbonyl (C=O) groups excluding carboxylic acids is 1. The lowest BCUT2D eigenvalue weighted by atomic mass is 10.2. The zero-order chi connectivity index (χ0) is 17.1. The fraction of sp³-hybridized carbons (Fsp3) is 0.167. The monoisotopic (exact) mass is 337 g/mol. The van der Waals surface area contributed by atoms with Crippen LogP contribution in [0.5, 0.6) is 11.5 Å². The van der Waals surface area contributed by atoms with Gasteiger partial charge in [-0.2, -0.15) is 4.98 Å². The third kappa shape index (κ3) is 3.30. The topological polar surface area (TPSA) is 86.5 Å². The molecule has 7 nitrogen and oxygen atoms in total. The van der Waals surface area contributed by atoms with E-state index in [0.717, 1.165) is 5.56 Å². The summed E-state index contributed by atoms with van der Waals surface area (Å²) in [7, 11) is 0. The molecule has 2 aromatic carbocycles. The van der Waals surface area contributed by atoms with Gasteiger partial charge in [0.15, 0.2) is 11.5 Å². The third-order valence-electron chi connectivity index (χ3n) is 3.76. The first-order chi connectivity index (χ1) is 12.3. The highest BCUT2D eigenvalue weighted by molar-refractivity contribution is 5.94. The van der Waals surface area contributed by atoms with Crippen molar-refractivity contribution in [1.29, 1.82) is 0 Å². The van der Waals surface area contributed by atoms with Gasteiger partial charge in [0.1, 0.15) is 0 Å². The number of aromatic nitrogens is 2. The van der Waals surface area contributed by atoms with Crippen molar-refractivity contribution in [3.8, 4) is 22.9 Å². The summed E-state index contributed by atoms with van der Waals surface area (Å²) >= 11 is 0. The van der Waals surface area contributed by atoms with E-state index >= 15 is 0 Å². The maximum Gasteiger partial charge on any atom is 0.251 e. The third-order valence-corrected chi connectivity index (χ3v) is 3.76. The highest BCUT2D eigenvalue weighted by Gasteiger charge is 2.16. The Hall–Kier alpha value is -3.35. The molecular formula is C18H15N3O4. The Bertz CT molecular complexity index is 892. The van der Waals surface area contributed by atoms with E-state index < -0.39 is 0 Å². The Morgan fingerprint density at radius 2 is 1.92 bits per heavy atom. The molecule has 1 amide bonds.